The number of halogens is 3. The number of benzene rings is 1. The molecule has 1 aromatic heterocycles. The number of hydrogen-bond acceptors (Lipinski definition) is 1. The van der Waals surface area contributed by atoms with E-state index in [2.05, 4.69) is 4.98 Å². The number of aryl methyl sites for hydroxylation is 1. The Morgan fingerprint density at radius 2 is 1.82 bits per heavy atom. The van der Waals surface area contributed by atoms with Crippen molar-refractivity contribution in [3.05, 3.63) is 53.6 Å². The molecule has 2 aromatic rings. The van der Waals surface area contributed by atoms with Crippen LogP contribution in [0.25, 0.3) is 11.1 Å². The van der Waals surface area contributed by atoms with Gasteiger partial charge in [-0.1, -0.05) is 19.1 Å². The van der Waals surface area contributed by atoms with Gasteiger partial charge in [0.25, 0.3) is 0 Å². The first kappa shape index (κ1) is 11.6. The van der Waals surface area contributed by atoms with Crippen LogP contribution >= 0.6 is 0 Å². The third-order valence-electron chi connectivity index (χ3n) is 2.55. The number of hydrogen-bond donors (Lipinski definition) is 0. The normalized spacial score (nSPS) is 10.6. The average Bonchev–Trinajstić information content (AvgIpc) is 2.32. The van der Waals surface area contributed by atoms with Gasteiger partial charge in [0, 0.05) is 17.3 Å². The fourth-order valence-electron chi connectivity index (χ4n) is 1.58. The molecule has 0 aliphatic rings. The zero-order valence-corrected chi connectivity index (χ0v) is 9.17. The van der Waals surface area contributed by atoms with Crippen molar-refractivity contribution >= 4 is 0 Å². The summed E-state index contributed by atoms with van der Waals surface area (Å²) in [6.07, 6.45) is 1.83. The maximum absolute atomic E-state index is 13.7. The Kier molecular flexibility index (Phi) is 3.13. The van der Waals surface area contributed by atoms with Crippen molar-refractivity contribution < 1.29 is 13.2 Å². The molecule has 0 saturated heterocycles. The Hall–Kier alpha value is -1.84. The minimum absolute atomic E-state index is 0.216. The van der Waals surface area contributed by atoms with Gasteiger partial charge in [-0.25, -0.2) is 13.8 Å². The maximum Gasteiger partial charge on any atom is 0.248 e. The van der Waals surface area contributed by atoms with Gasteiger partial charge in [-0.3, -0.25) is 0 Å². The summed E-state index contributed by atoms with van der Waals surface area (Å²) < 4.78 is 39.3. The van der Waals surface area contributed by atoms with Crippen LogP contribution in [0, 0.1) is 17.6 Å². The van der Waals surface area contributed by atoms with E-state index >= 15 is 0 Å². The molecule has 1 aromatic carbocycles. The standard InChI is InChI=1S/C13H10F3N/c1-2-8-3-4-10(11(14)5-8)9-6-12(15)13(16)17-7-9/h3-7H,2H2,1H3. The summed E-state index contributed by atoms with van der Waals surface area (Å²) in [5.41, 5.74) is 1.29. The molecule has 0 fully saturated rings. The molecule has 0 amide bonds. The molecule has 0 unspecified atom stereocenters. The molecule has 1 nitrogen and oxygen atoms in total. The highest BCUT2D eigenvalue weighted by Gasteiger charge is 2.10. The predicted molar refractivity (Wildman–Crippen MR) is 58.9 cm³/mol. The Morgan fingerprint density at radius 1 is 1.06 bits per heavy atom. The van der Waals surface area contributed by atoms with E-state index < -0.39 is 17.6 Å². The highest BCUT2D eigenvalue weighted by atomic mass is 19.2. The largest absolute Gasteiger partial charge is 0.248 e. The second kappa shape index (κ2) is 4.57. The van der Waals surface area contributed by atoms with Crippen LogP contribution in [-0.4, -0.2) is 4.98 Å². The minimum atomic E-state index is -1.18. The number of nitrogens with zero attached hydrogens (tertiary/aromatic N) is 1. The lowest BCUT2D eigenvalue weighted by Crippen LogP contribution is -1.93. The highest BCUT2D eigenvalue weighted by Crippen LogP contribution is 2.24. The Morgan fingerprint density at radius 3 is 2.41 bits per heavy atom. The number of aromatic nitrogens is 1. The first-order valence-corrected chi connectivity index (χ1v) is 5.21. The summed E-state index contributed by atoms with van der Waals surface area (Å²) in [6.45, 7) is 1.91. The van der Waals surface area contributed by atoms with Crippen LogP contribution in [0.15, 0.2) is 30.5 Å². The lowest BCUT2D eigenvalue weighted by atomic mass is 10.0. The third kappa shape index (κ3) is 2.30. The molecule has 0 radical (unpaired) electrons. The van der Waals surface area contributed by atoms with Crippen LogP contribution in [0.2, 0.25) is 0 Å². The van der Waals surface area contributed by atoms with E-state index in [1.807, 2.05) is 6.92 Å². The van der Waals surface area contributed by atoms with Crippen LogP contribution in [0.4, 0.5) is 13.2 Å². The molecule has 17 heavy (non-hydrogen) atoms. The van der Waals surface area contributed by atoms with Crippen LogP contribution in [0.1, 0.15) is 12.5 Å². The highest BCUT2D eigenvalue weighted by molar-refractivity contribution is 5.63. The molecule has 0 atom stereocenters. The van der Waals surface area contributed by atoms with E-state index in [0.29, 0.717) is 6.42 Å². The van der Waals surface area contributed by atoms with Gasteiger partial charge in [0.15, 0.2) is 5.82 Å². The second-order valence-electron chi connectivity index (χ2n) is 3.66. The molecular weight excluding hydrogens is 227 g/mol. The zero-order chi connectivity index (χ0) is 12.4. The van der Waals surface area contributed by atoms with Gasteiger partial charge in [-0.05, 0) is 24.1 Å². The third-order valence-corrected chi connectivity index (χ3v) is 2.55. The van der Waals surface area contributed by atoms with Gasteiger partial charge in [-0.2, -0.15) is 4.39 Å². The minimum Gasteiger partial charge on any atom is -0.225 e. The molecule has 0 aliphatic carbocycles. The molecule has 0 N–H and O–H groups in total. The predicted octanol–water partition coefficient (Wildman–Crippen LogP) is 3.73. The quantitative estimate of drug-likeness (QED) is 0.725. The van der Waals surface area contributed by atoms with Crippen LogP contribution in [0.5, 0.6) is 0 Å². The molecule has 88 valence electrons. The summed E-state index contributed by atoms with van der Waals surface area (Å²) in [7, 11) is 0. The van der Waals surface area contributed by atoms with E-state index in [0.717, 1.165) is 17.8 Å². The molecule has 1 heterocycles. The summed E-state index contributed by atoms with van der Waals surface area (Å²) in [5.74, 6) is -2.72. The summed E-state index contributed by atoms with van der Waals surface area (Å²) in [4.78, 5) is 3.23. The van der Waals surface area contributed by atoms with Crippen molar-refractivity contribution in [3.8, 4) is 11.1 Å². The van der Waals surface area contributed by atoms with Gasteiger partial charge in [0.2, 0.25) is 5.95 Å². The van der Waals surface area contributed by atoms with Crippen LogP contribution in [0.3, 0.4) is 0 Å². The molecule has 0 spiro atoms. The van der Waals surface area contributed by atoms with E-state index in [-0.39, 0.29) is 11.1 Å². The van der Waals surface area contributed by atoms with Crippen molar-refractivity contribution in [2.75, 3.05) is 0 Å². The van der Waals surface area contributed by atoms with E-state index in [9.17, 15) is 13.2 Å². The molecule has 0 aliphatic heterocycles. The fourth-order valence-corrected chi connectivity index (χ4v) is 1.58. The second-order valence-corrected chi connectivity index (χ2v) is 3.66. The Labute approximate surface area is 96.9 Å². The lowest BCUT2D eigenvalue weighted by molar-refractivity contribution is 0.479. The molecule has 0 saturated carbocycles. The maximum atomic E-state index is 13.7. The topological polar surface area (TPSA) is 12.9 Å². The Balaban J connectivity index is 2.49. The van der Waals surface area contributed by atoms with Crippen LogP contribution < -0.4 is 0 Å². The van der Waals surface area contributed by atoms with Gasteiger partial charge >= 0.3 is 0 Å². The van der Waals surface area contributed by atoms with Crippen molar-refractivity contribution in [3.63, 3.8) is 0 Å². The van der Waals surface area contributed by atoms with E-state index in [4.69, 9.17) is 0 Å². The molecule has 2 rings (SSSR count). The number of rotatable bonds is 2. The molecule has 0 bridgehead atoms. The van der Waals surface area contributed by atoms with Crippen molar-refractivity contribution in [1.29, 1.82) is 0 Å². The van der Waals surface area contributed by atoms with Crippen molar-refractivity contribution in [1.82, 2.24) is 4.98 Å². The fraction of sp³-hybridized carbons (Fsp3) is 0.154. The van der Waals surface area contributed by atoms with E-state index in [1.54, 1.807) is 12.1 Å². The van der Waals surface area contributed by atoms with Gasteiger partial charge in [0.05, 0.1) is 0 Å². The first-order chi connectivity index (χ1) is 8.11. The summed E-state index contributed by atoms with van der Waals surface area (Å²) in [5, 5.41) is 0. The molecule has 4 heteroatoms. The van der Waals surface area contributed by atoms with Gasteiger partial charge < -0.3 is 0 Å². The van der Waals surface area contributed by atoms with Gasteiger partial charge in [-0.15, -0.1) is 0 Å². The zero-order valence-electron chi connectivity index (χ0n) is 9.17. The monoisotopic (exact) mass is 237 g/mol. The average molecular weight is 237 g/mol. The lowest BCUT2D eigenvalue weighted by Gasteiger charge is -2.05. The SMILES string of the molecule is CCc1ccc(-c2cnc(F)c(F)c2)c(F)c1. The first-order valence-electron chi connectivity index (χ1n) is 5.21. The number of pyridine rings is 1. The Bertz CT molecular complexity index is 552. The van der Waals surface area contributed by atoms with Crippen LogP contribution in [-0.2, 0) is 6.42 Å². The van der Waals surface area contributed by atoms with Crippen molar-refractivity contribution in [2.24, 2.45) is 0 Å². The summed E-state index contributed by atoms with van der Waals surface area (Å²) >= 11 is 0. The summed E-state index contributed by atoms with van der Waals surface area (Å²) in [6, 6.07) is 5.62. The van der Waals surface area contributed by atoms with E-state index in [1.165, 1.54) is 6.07 Å². The molecular formula is C13H10F3N. The smallest absolute Gasteiger partial charge is 0.225 e. The van der Waals surface area contributed by atoms with Gasteiger partial charge in [0.1, 0.15) is 5.82 Å². The van der Waals surface area contributed by atoms with Crippen molar-refractivity contribution in [2.45, 2.75) is 13.3 Å².